The molecule has 1 aromatic rings. The maximum Gasteiger partial charge on any atom is 0.0696 e. The Hall–Kier alpha value is -1.63. The lowest BCUT2D eigenvalue weighted by atomic mass is 9.76. The van der Waals surface area contributed by atoms with Crippen LogP contribution < -0.4 is 0 Å². The molecule has 0 spiro atoms. The van der Waals surface area contributed by atoms with E-state index in [0.29, 0.717) is 17.8 Å². The summed E-state index contributed by atoms with van der Waals surface area (Å²) in [6.45, 7) is 6.78. The molecular weight excluding hydrogens is 230 g/mol. The van der Waals surface area contributed by atoms with Gasteiger partial charge in [0.05, 0.1) is 5.69 Å². The number of aromatic nitrogens is 1. The zero-order chi connectivity index (χ0) is 13.4. The lowest BCUT2D eigenvalue weighted by molar-refractivity contribution is 0.598. The van der Waals surface area contributed by atoms with Crippen LogP contribution in [0, 0.1) is 17.8 Å². The van der Waals surface area contributed by atoms with Gasteiger partial charge in [0.25, 0.3) is 0 Å². The van der Waals surface area contributed by atoms with Gasteiger partial charge >= 0.3 is 0 Å². The molecule has 19 heavy (non-hydrogen) atoms. The number of hydrogen-bond donors (Lipinski definition) is 0. The van der Waals surface area contributed by atoms with Crippen LogP contribution >= 0.6 is 0 Å². The Morgan fingerprint density at radius 1 is 1.21 bits per heavy atom. The Morgan fingerprint density at radius 2 is 2.05 bits per heavy atom. The second kappa shape index (κ2) is 4.80. The van der Waals surface area contributed by atoms with Crippen LogP contribution in [-0.4, -0.2) is 4.98 Å². The second-order valence-corrected chi connectivity index (χ2v) is 5.97. The van der Waals surface area contributed by atoms with Crippen molar-refractivity contribution >= 4 is 5.57 Å². The van der Waals surface area contributed by atoms with Crippen LogP contribution in [0.5, 0.6) is 0 Å². The van der Waals surface area contributed by atoms with Gasteiger partial charge in [0.2, 0.25) is 0 Å². The van der Waals surface area contributed by atoms with Crippen molar-refractivity contribution in [1.82, 2.24) is 4.98 Å². The van der Waals surface area contributed by atoms with Crippen molar-refractivity contribution in [2.24, 2.45) is 17.8 Å². The molecule has 1 heteroatoms. The highest BCUT2D eigenvalue weighted by Gasteiger charge is 2.26. The van der Waals surface area contributed by atoms with E-state index in [1.165, 1.54) is 22.4 Å². The van der Waals surface area contributed by atoms with E-state index in [4.69, 9.17) is 0 Å². The number of hydrogen-bond acceptors (Lipinski definition) is 1. The average molecular weight is 251 g/mol. The Balaban J connectivity index is 2.03. The van der Waals surface area contributed by atoms with Crippen LogP contribution in [0.1, 0.15) is 32.0 Å². The van der Waals surface area contributed by atoms with E-state index >= 15 is 0 Å². The summed E-state index contributed by atoms with van der Waals surface area (Å²) in [5.74, 6) is 1.64. The van der Waals surface area contributed by atoms with E-state index in [-0.39, 0.29) is 0 Å². The maximum absolute atomic E-state index is 4.64. The van der Waals surface area contributed by atoms with Gasteiger partial charge in [0, 0.05) is 12.1 Å². The van der Waals surface area contributed by atoms with Crippen molar-refractivity contribution in [1.29, 1.82) is 0 Å². The van der Waals surface area contributed by atoms with Gasteiger partial charge in [-0.05, 0) is 42.4 Å². The highest BCUT2D eigenvalue weighted by atomic mass is 14.7. The highest BCUT2D eigenvalue weighted by molar-refractivity contribution is 5.71. The summed E-state index contributed by atoms with van der Waals surface area (Å²) in [5.41, 5.74) is 5.41. The summed E-state index contributed by atoms with van der Waals surface area (Å²) >= 11 is 0. The summed E-state index contributed by atoms with van der Waals surface area (Å²) in [6, 6.07) is 4.28. The Morgan fingerprint density at radius 3 is 2.84 bits per heavy atom. The van der Waals surface area contributed by atoms with Crippen molar-refractivity contribution < 1.29 is 0 Å². The van der Waals surface area contributed by atoms with Crippen LogP contribution in [0.25, 0.3) is 5.57 Å². The van der Waals surface area contributed by atoms with E-state index in [2.05, 4.69) is 62.2 Å². The fourth-order valence-electron chi connectivity index (χ4n) is 3.31. The van der Waals surface area contributed by atoms with Gasteiger partial charge in [0.1, 0.15) is 0 Å². The number of fused-ring (bicyclic) bond motifs is 1. The molecule has 0 saturated carbocycles. The van der Waals surface area contributed by atoms with Crippen molar-refractivity contribution in [3.63, 3.8) is 0 Å². The van der Waals surface area contributed by atoms with Crippen LogP contribution in [0.15, 0.2) is 48.2 Å². The topological polar surface area (TPSA) is 12.9 Å². The lowest BCUT2D eigenvalue weighted by Crippen LogP contribution is -2.18. The van der Waals surface area contributed by atoms with Crippen LogP contribution in [0.4, 0.5) is 0 Å². The number of rotatable bonds is 1. The summed E-state index contributed by atoms with van der Waals surface area (Å²) < 4.78 is 0. The standard InChI is InChI=1S/C18H21N/c1-12-6-7-16(14(3)9-12)17-11-13(2)10-15-5-4-8-19-18(15)17/h4-9,11,13-14,16H,10H2,1-3H3. The monoisotopic (exact) mass is 251 g/mol. The van der Waals surface area contributed by atoms with Crippen LogP contribution in [0.2, 0.25) is 0 Å². The molecule has 0 aliphatic heterocycles. The Kier molecular flexibility index (Phi) is 3.14. The van der Waals surface area contributed by atoms with Gasteiger partial charge in [-0.15, -0.1) is 0 Å². The minimum absolute atomic E-state index is 0.472. The van der Waals surface area contributed by atoms with Crippen molar-refractivity contribution in [2.45, 2.75) is 27.2 Å². The molecule has 0 bridgehead atoms. The van der Waals surface area contributed by atoms with E-state index in [1.54, 1.807) is 0 Å². The maximum atomic E-state index is 4.64. The van der Waals surface area contributed by atoms with Gasteiger partial charge in [-0.3, -0.25) is 4.98 Å². The predicted molar refractivity (Wildman–Crippen MR) is 80.6 cm³/mol. The van der Waals surface area contributed by atoms with Gasteiger partial charge in [-0.1, -0.05) is 49.8 Å². The summed E-state index contributed by atoms with van der Waals surface area (Å²) in [7, 11) is 0. The van der Waals surface area contributed by atoms with Crippen molar-refractivity contribution in [3.05, 3.63) is 59.5 Å². The molecule has 0 radical (unpaired) electrons. The molecule has 1 nitrogen and oxygen atoms in total. The van der Waals surface area contributed by atoms with Crippen LogP contribution in [0.3, 0.4) is 0 Å². The van der Waals surface area contributed by atoms with E-state index in [0.717, 1.165) is 6.42 Å². The van der Waals surface area contributed by atoms with Crippen molar-refractivity contribution in [3.8, 4) is 0 Å². The molecule has 0 fully saturated rings. The molecule has 3 atom stereocenters. The first-order valence-electron chi connectivity index (χ1n) is 7.18. The normalized spacial score (nSPS) is 29.5. The molecule has 2 aliphatic carbocycles. The molecule has 3 unspecified atom stereocenters. The molecule has 0 amide bonds. The van der Waals surface area contributed by atoms with Crippen LogP contribution in [-0.2, 0) is 6.42 Å². The molecule has 1 heterocycles. The number of allylic oxidation sites excluding steroid dienone is 6. The third kappa shape index (κ3) is 2.30. The van der Waals surface area contributed by atoms with Crippen molar-refractivity contribution in [2.75, 3.05) is 0 Å². The van der Waals surface area contributed by atoms with Gasteiger partial charge in [0.15, 0.2) is 0 Å². The molecule has 98 valence electrons. The second-order valence-electron chi connectivity index (χ2n) is 5.97. The Labute approximate surface area is 115 Å². The zero-order valence-corrected chi connectivity index (χ0v) is 11.9. The summed E-state index contributed by atoms with van der Waals surface area (Å²) in [5, 5.41) is 0. The first kappa shape index (κ1) is 12.4. The van der Waals surface area contributed by atoms with E-state index < -0.39 is 0 Å². The third-order valence-electron chi connectivity index (χ3n) is 4.19. The molecule has 0 saturated heterocycles. The first-order valence-corrected chi connectivity index (χ1v) is 7.18. The van der Waals surface area contributed by atoms with Gasteiger partial charge in [-0.25, -0.2) is 0 Å². The quantitative estimate of drug-likeness (QED) is 0.719. The van der Waals surface area contributed by atoms with Gasteiger partial charge in [-0.2, -0.15) is 0 Å². The largest absolute Gasteiger partial charge is 0.256 e. The molecule has 1 aromatic heterocycles. The Bertz CT molecular complexity index is 577. The fourth-order valence-corrected chi connectivity index (χ4v) is 3.31. The molecule has 0 N–H and O–H groups in total. The molecule has 3 rings (SSSR count). The van der Waals surface area contributed by atoms with E-state index in [9.17, 15) is 0 Å². The number of pyridine rings is 1. The SMILES string of the molecule is CC1=CC(C)C(C2=CC(C)Cc3cccnc32)C=C1. The minimum atomic E-state index is 0.472. The zero-order valence-electron chi connectivity index (χ0n) is 11.9. The van der Waals surface area contributed by atoms with Gasteiger partial charge < -0.3 is 0 Å². The summed E-state index contributed by atoms with van der Waals surface area (Å²) in [4.78, 5) is 4.64. The minimum Gasteiger partial charge on any atom is -0.256 e. The van der Waals surface area contributed by atoms with E-state index in [1.807, 2.05) is 6.20 Å². The fraction of sp³-hybridized carbons (Fsp3) is 0.389. The third-order valence-corrected chi connectivity index (χ3v) is 4.19. The lowest BCUT2D eigenvalue weighted by Gasteiger charge is -2.29. The average Bonchev–Trinajstić information content (AvgIpc) is 2.38. The molecule has 2 aliphatic rings. The smallest absolute Gasteiger partial charge is 0.0696 e. The first-order chi connectivity index (χ1) is 9.15. The summed E-state index contributed by atoms with van der Waals surface area (Å²) in [6.07, 6.45) is 12.4. The highest BCUT2D eigenvalue weighted by Crippen LogP contribution is 2.38. The predicted octanol–water partition coefficient (Wildman–Crippen LogP) is 4.43. The molecular formula is C18H21N. The number of nitrogens with zero attached hydrogens (tertiary/aromatic N) is 1. The molecule has 0 aromatic carbocycles.